The largest absolute Gasteiger partial charge is 0.362 e. The van der Waals surface area contributed by atoms with E-state index in [4.69, 9.17) is 61.5 Å². The van der Waals surface area contributed by atoms with Crippen molar-refractivity contribution in [2.24, 2.45) is 4.52 Å². The van der Waals surface area contributed by atoms with Crippen molar-refractivity contribution in [2.45, 2.75) is 19.6 Å². The molecule has 1 aliphatic rings. The molecular weight excluding hydrogens is 392 g/mol. The first-order valence-electron chi connectivity index (χ1n) is 3.93. The van der Waals surface area contributed by atoms with Gasteiger partial charge in [0.2, 0.25) is 7.58 Å². The maximum absolute atomic E-state index is 6.29. The number of hydrogen-bond acceptors (Lipinski definition) is 4. The first-order valence-corrected chi connectivity index (χ1v) is 14.8. The van der Waals surface area contributed by atoms with Crippen LogP contribution in [0.25, 0.3) is 0 Å². The summed E-state index contributed by atoms with van der Waals surface area (Å²) in [5.41, 5.74) is 0. The molecule has 0 aromatic carbocycles. The van der Waals surface area contributed by atoms with E-state index in [1.807, 2.05) is 19.6 Å². The molecule has 0 N–H and O–H groups in total. The van der Waals surface area contributed by atoms with E-state index in [0.717, 1.165) is 0 Å². The first kappa shape index (κ1) is 16.7. The summed E-state index contributed by atoms with van der Waals surface area (Å²) in [7, 11) is -4.89. The van der Waals surface area contributed by atoms with Gasteiger partial charge in [0, 0.05) is 0 Å². The van der Waals surface area contributed by atoms with Gasteiger partial charge in [0.1, 0.15) is 0 Å². The SMILES string of the molecule is C[Si](C)(C)OP1(Cl)=NP(Cl)N(Cl)P(Cl)N1Cl. The van der Waals surface area contributed by atoms with Crippen molar-refractivity contribution in [3.63, 3.8) is 0 Å². The Balaban J connectivity index is 3.06. The second kappa shape index (κ2) is 5.95. The molecule has 96 valence electrons. The molecule has 0 aromatic rings. The van der Waals surface area contributed by atoms with E-state index >= 15 is 0 Å². The number of rotatable bonds is 2. The summed E-state index contributed by atoms with van der Waals surface area (Å²) in [6.45, 7) is 3.15. The minimum atomic E-state index is -2.80. The zero-order valence-electron chi connectivity index (χ0n) is 8.48. The Morgan fingerprint density at radius 1 is 1.25 bits per heavy atom. The molecule has 1 rings (SSSR count). The molecule has 0 aromatic heterocycles. The van der Waals surface area contributed by atoms with Crippen LogP contribution in [0.4, 0.5) is 0 Å². The average molecular weight is 401 g/mol. The topological polar surface area (TPSA) is 28.1 Å². The summed E-state index contributed by atoms with van der Waals surface area (Å²) in [4.78, 5) is 0. The third-order valence-corrected chi connectivity index (χ3v) is 17.0. The highest BCUT2D eigenvalue weighted by molar-refractivity contribution is 8.07. The summed E-state index contributed by atoms with van der Waals surface area (Å²) in [6.07, 6.45) is 0. The standard InChI is InChI=1S/C3H9Cl5N3OP3Si/c1-16(2,3)12-15(8)9-13(6)10(4)14(7)11(15)5/h1-3H3. The highest BCUT2D eigenvalue weighted by Gasteiger charge is 2.45. The molecule has 0 spiro atoms. The predicted octanol–water partition coefficient (Wildman–Crippen LogP) is 6.88. The van der Waals surface area contributed by atoms with Crippen molar-refractivity contribution in [3.8, 4) is 0 Å². The van der Waals surface area contributed by atoms with E-state index in [9.17, 15) is 0 Å². The molecule has 0 amide bonds. The van der Waals surface area contributed by atoms with Crippen LogP contribution < -0.4 is 0 Å². The second-order valence-corrected chi connectivity index (χ2v) is 18.3. The van der Waals surface area contributed by atoms with Gasteiger partial charge in [-0.05, 0) is 65.7 Å². The fourth-order valence-electron chi connectivity index (χ4n) is 0.770. The van der Waals surface area contributed by atoms with Crippen molar-refractivity contribution in [1.82, 2.24) is 7.92 Å². The first-order chi connectivity index (χ1) is 7.07. The molecule has 0 bridgehead atoms. The fraction of sp³-hybridized carbons (Fsp3) is 1.00. The van der Waals surface area contributed by atoms with Gasteiger partial charge < -0.3 is 4.21 Å². The fourth-order valence-corrected chi connectivity index (χ4v) is 16.9. The molecule has 16 heavy (non-hydrogen) atoms. The zero-order valence-corrected chi connectivity index (χ0v) is 15.9. The molecule has 3 atom stereocenters. The van der Waals surface area contributed by atoms with Gasteiger partial charge in [0.15, 0.2) is 15.9 Å². The Hall–Kier alpha value is 2.64. The summed E-state index contributed by atoms with van der Waals surface area (Å²) >= 11 is 30.1. The quantitative estimate of drug-likeness (QED) is 0.287. The highest BCUT2D eigenvalue weighted by atomic mass is 35.7. The Morgan fingerprint density at radius 3 is 2.19 bits per heavy atom. The molecule has 0 saturated heterocycles. The van der Waals surface area contributed by atoms with Crippen LogP contribution >= 0.6 is 79.2 Å². The second-order valence-electron chi connectivity index (χ2n) is 3.73. The van der Waals surface area contributed by atoms with Crippen LogP contribution in [0.15, 0.2) is 4.52 Å². The number of halogens is 5. The van der Waals surface area contributed by atoms with Gasteiger partial charge in [-0.15, -0.1) is 3.96 Å². The van der Waals surface area contributed by atoms with E-state index in [0.29, 0.717) is 0 Å². The van der Waals surface area contributed by atoms with Gasteiger partial charge in [0.05, 0.1) is 0 Å². The van der Waals surface area contributed by atoms with Gasteiger partial charge in [-0.3, -0.25) is 0 Å². The van der Waals surface area contributed by atoms with Crippen molar-refractivity contribution in [3.05, 3.63) is 0 Å². The van der Waals surface area contributed by atoms with Crippen LogP contribution in [-0.4, -0.2) is 16.2 Å². The summed E-state index contributed by atoms with van der Waals surface area (Å²) in [6, 6.07) is 0. The van der Waals surface area contributed by atoms with Gasteiger partial charge in [-0.1, -0.05) is 15.2 Å². The molecule has 4 nitrogen and oxygen atoms in total. The third kappa shape index (κ3) is 4.06. The van der Waals surface area contributed by atoms with Crippen LogP contribution in [0.5, 0.6) is 0 Å². The Morgan fingerprint density at radius 2 is 1.75 bits per heavy atom. The van der Waals surface area contributed by atoms with Crippen molar-refractivity contribution in [1.29, 1.82) is 0 Å². The summed E-state index contributed by atoms with van der Waals surface area (Å²) in [5.74, 6) is 0. The molecule has 3 unspecified atom stereocenters. The maximum atomic E-state index is 6.29. The Kier molecular flexibility index (Phi) is 6.21. The molecule has 0 radical (unpaired) electrons. The molecule has 0 fully saturated rings. The smallest absolute Gasteiger partial charge is 0.262 e. The van der Waals surface area contributed by atoms with E-state index in [-0.39, 0.29) is 0 Å². The van der Waals surface area contributed by atoms with Gasteiger partial charge in [0.25, 0.3) is 6.78 Å². The Labute approximate surface area is 123 Å². The Bertz CT molecular complexity index is 328. The van der Waals surface area contributed by atoms with Gasteiger partial charge in [-0.25, -0.2) is 0 Å². The van der Waals surface area contributed by atoms with E-state index in [2.05, 4.69) is 4.52 Å². The number of hydrogen-bond donors (Lipinski definition) is 0. The predicted molar refractivity (Wildman–Crippen MR) is 80.6 cm³/mol. The molecule has 13 heteroatoms. The minimum Gasteiger partial charge on any atom is -0.362 e. The third-order valence-electron chi connectivity index (χ3n) is 1.19. The van der Waals surface area contributed by atoms with Crippen LogP contribution in [0.1, 0.15) is 0 Å². The number of nitrogens with zero attached hydrogens (tertiary/aromatic N) is 3. The minimum absolute atomic E-state index is 1.18. The lowest BCUT2D eigenvalue weighted by atomic mass is 11.8. The lowest BCUT2D eigenvalue weighted by molar-refractivity contribution is 0.601. The van der Waals surface area contributed by atoms with Crippen LogP contribution in [0.2, 0.25) is 19.6 Å². The van der Waals surface area contributed by atoms with Crippen molar-refractivity contribution < 1.29 is 4.21 Å². The normalized spacial score (nSPS) is 38.5. The van der Waals surface area contributed by atoms with Gasteiger partial charge >= 0.3 is 0 Å². The van der Waals surface area contributed by atoms with Crippen molar-refractivity contribution in [2.75, 3.05) is 0 Å². The molecule has 0 aliphatic carbocycles. The van der Waals surface area contributed by atoms with Crippen LogP contribution in [0.3, 0.4) is 0 Å². The van der Waals surface area contributed by atoms with Crippen molar-refractivity contribution >= 4 is 87.5 Å². The molecule has 1 heterocycles. The highest BCUT2D eigenvalue weighted by Crippen LogP contribution is 2.84. The van der Waals surface area contributed by atoms with E-state index < -0.39 is 30.3 Å². The van der Waals surface area contributed by atoms with Crippen LogP contribution in [0, 0.1) is 0 Å². The van der Waals surface area contributed by atoms with Gasteiger partial charge in [-0.2, -0.15) is 4.52 Å². The molecular formula is C3H9Cl5N3OP3Si. The van der Waals surface area contributed by atoms with E-state index in [1.54, 1.807) is 0 Å². The average Bonchev–Trinajstić information content (AvgIpc) is 2.09. The maximum Gasteiger partial charge on any atom is 0.262 e. The lowest BCUT2D eigenvalue weighted by Gasteiger charge is -2.38. The monoisotopic (exact) mass is 399 g/mol. The summed E-state index contributed by atoms with van der Waals surface area (Å²) in [5, 5.41) is 0. The van der Waals surface area contributed by atoms with E-state index in [1.165, 1.54) is 7.92 Å². The zero-order chi connectivity index (χ0) is 12.7. The molecule has 1 aliphatic heterocycles. The lowest BCUT2D eigenvalue weighted by Crippen LogP contribution is -2.25. The summed E-state index contributed by atoms with van der Waals surface area (Å²) < 4.78 is 12.3. The van der Waals surface area contributed by atoms with Crippen LogP contribution in [-0.2, 0) is 4.21 Å². The molecule has 0 saturated carbocycles.